The van der Waals surface area contributed by atoms with Crippen LogP contribution in [0.5, 0.6) is 0 Å². The van der Waals surface area contributed by atoms with E-state index < -0.39 is 0 Å². The molecule has 2 atom stereocenters. The lowest BCUT2D eigenvalue weighted by atomic mass is 9.80. The molecular weight excluding hydrogens is 260 g/mol. The lowest BCUT2D eigenvalue weighted by Gasteiger charge is -2.33. The van der Waals surface area contributed by atoms with Gasteiger partial charge in [0.25, 0.3) is 0 Å². The molecule has 1 amide bonds. The Balaban J connectivity index is 1.95. The molecule has 1 aliphatic rings. The first-order valence-electron chi connectivity index (χ1n) is 7.52. The van der Waals surface area contributed by atoms with E-state index in [2.05, 4.69) is 47.6 Å². The molecule has 21 heavy (non-hydrogen) atoms. The molecular formula is C18H20N2O. The molecule has 1 N–H and O–H groups in total. The molecule has 0 saturated carbocycles. The van der Waals surface area contributed by atoms with Crippen LogP contribution < -0.4 is 5.32 Å². The SMILES string of the molecule is CCCNC(=O)[C@@H]1N=C(C)[C@@H]1c1cccc2ccccc12. The van der Waals surface area contributed by atoms with Crippen molar-refractivity contribution in [1.29, 1.82) is 0 Å². The highest BCUT2D eigenvalue weighted by atomic mass is 16.2. The van der Waals surface area contributed by atoms with Crippen molar-refractivity contribution in [3.8, 4) is 0 Å². The van der Waals surface area contributed by atoms with E-state index >= 15 is 0 Å². The van der Waals surface area contributed by atoms with Crippen molar-refractivity contribution in [3.05, 3.63) is 48.0 Å². The van der Waals surface area contributed by atoms with Crippen LogP contribution >= 0.6 is 0 Å². The summed E-state index contributed by atoms with van der Waals surface area (Å²) < 4.78 is 0. The quantitative estimate of drug-likeness (QED) is 0.917. The van der Waals surface area contributed by atoms with Gasteiger partial charge in [0, 0.05) is 12.3 Å². The van der Waals surface area contributed by atoms with Gasteiger partial charge in [-0.2, -0.15) is 0 Å². The van der Waals surface area contributed by atoms with Crippen molar-refractivity contribution >= 4 is 22.4 Å². The van der Waals surface area contributed by atoms with E-state index in [9.17, 15) is 4.79 Å². The zero-order valence-corrected chi connectivity index (χ0v) is 12.5. The van der Waals surface area contributed by atoms with Crippen molar-refractivity contribution in [2.75, 3.05) is 6.54 Å². The zero-order chi connectivity index (χ0) is 14.8. The second-order valence-corrected chi connectivity index (χ2v) is 5.55. The molecule has 0 unspecified atom stereocenters. The molecule has 1 aliphatic heterocycles. The predicted octanol–water partition coefficient (Wildman–Crippen LogP) is 3.29. The van der Waals surface area contributed by atoms with Crippen LogP contribution in [0.25, 0.3) is 10.8 Å². The van der Waals surface area contributed by atoms with E-state index in [-0.39, 0.29) is 17.9 Å². The lowest BCUT2D eigenvalue weighted by Crippen LogP contribution is -2.46. The first-order valence-corrected chi connectivity index (χ1v) is 7.52. The molecule has 0 aliphatic carbocycles. The van der Waals surface area contributed by atoms with Gasteiger partial charge in [-0.25, -0.2) is 0 Å². The number of carbonyl (C=O) groups is 1. The van der Waals surface area contributed by atoms with E-state index in [4.69, 9.17) is 0 Å². The van der Waals surface area contributed by atoms with Crippen molar-refractivity contribution in [3.63, 3.8) is 0 Å². The summed E-state index contributed by atoms with van der Waals surface area (Å²) in [6.07, 6.45) is 0.945. The summed E-state index contributed by atoms with van der Waals surface area (Å²) in [5.41, 5.74) is 2.25. The van der Waals surface area contributed by atoms with Crippen LogP contribution in [0.15, 0.2) is 47.5 Å². The number of nitrogens with zero attached hydrogens (tertiary/aromatic N) is 1. The Morgan fingerprint density at radius 3 is 2.71 bits per heavy atom. The smallest absolute Gasteiger partial charge is 0.245 e. The Hall–Kier alpha value is -2.16. The number of benzene rings is 2. The van der Waals surface area contributed by atoms with E-state index in [0.717, 1.165) is 12.1 Å². The third-order valence-electron chi connectivity index (χ3n) is 4.08. The van der Waals surface area contributed by atoms with Gasteiger partial charge >= 0.3 is 0 Å². The number of amides is 1. The van der Waals surface area contributed by atoms with Crippen molar-refractivity contribution in [2.45, 2.75) is 32.2 Å². The summed E-state index contributed by atoms with van der Waals surface area (Å²) in [6, 6.07) is 14.3. The second-order valence-electron chi connectivity index (χ2n) is 5.55. The largest absolute Gasteiger partial charge is 0.354 e. The topological polar surface area (TPSA) is 41.5 Å². The maximum Gasteiger partial charge on any atom is 0.245 e. The van der Waals surface area contributed by atoms with Crippen LogP contribution in [0, 0.1) is 0 Å². The van der Waals surface area contributed by atoms with Gasteiger partial charge in [0.05, 0.1) is 5.92 Å². The Bertz CT molecular complexity index is 700. The van der Waals surface area contributed by atoms with Gasteiger partial charge in [0.1, 0.15) is 6.04 Å². The zero-order valence-electron chi connectivity index (χ0n) is 12.5. The maximum absolute atomic E-state index is 12.2. The molecule has 2 aromatic carbocycles. The molecule has 2 aromatic rings. The normalized spacial score (nSPS) is 20.8. The van der Waals surface area contributed by atoms with Crippen LogP contribution in [0.4, 0.5) is 0 Å². The average Bonchev–Trinajstić information content (AvgIpc) is 2.50. The molecule has 0 bridgehead atoms. The highest BCUT2D eigenvalue weighted by Crippen LogP contribution is 2.36. The number of aliphatic imine (C=N–C) groups is 1. The first-order chi connectivity index (χ1) is 10.2. The summed E-state index contributed by atoms with van der Waals surface area (Å²) >= 11 is 0. The third kappa shape index (κ3) is 2.44. The van der Waals surface area contributed by atoms with Crippen LogP contribution in [0.3, 0.4) is 0 Å². The molecule has 1 heterocycles. The van der Waals surface area contributed by atoms with Gasteiger partial charge in [-0.1, -0.05) is 49.4 Å². The van der Waals surface area contributed by atoms with Gasteiger partial charge in [0.2, 0.25) is 5.91 Å². The molecule has 3 rings (SSSR count). The van der Waals surface area contributed by atoms with E-state index in [1.807, 2.05) is 19.1 Å². The molecule has 3 nitrogen and oxygen atoms in total. The number of carbonyl (C=O) groups excluding carboxylic acids is 1. The standard InChI is InChI=1S/C18H20N2O/c1-3-11-19-18(21)17-16(12(2)20-17)15-10-6-8-13-7-4-5-9-14(13)15/h4-10,16-17H,3,11H2,1-2H3,(H,19,21)/t16-,17-/m1/s1. The Morgan fingerprint density at radius 1 is 1.19 bits per heavy atom. The summed E-state index contributed by atoms with van der Waals surface area (Å²) in [4.78, 5) is 16.7. The fraction of sp³-hybridized carbons (Fsp3) is 0.333. The number of hydrogen-bond acceptors (Lipinski definition) is 2. The Kier molecular flexibility index (Phi) is 3.74. The number of fused-ring (bicyclic) bond motifs is 1. The van der Waals surface area contributed by atoms with E-state index in [1.54, 1.807) is 0 Å². The lowest BCUT2D eigenvalue weighted by molar-refractivity contribution is -0.122. The fourth-order valence-electron chi connectivity index (χ4n) is 3.00. The summed E-state index contributed by atoms with van der Waals surface area (Å²) in [5, 5.41) is 5.38. The van der Waals surface area contributed by atoms with Gasteiger partial charge in [-0.05, 0) is 29.7 Å². The molecule has 0 fully saturated rings. The molecule has 3 heteroatoms. The van der Waals surface area contributed by atoms with E-state index in [0.29, 0.717) is 6.54 Å². The minimum Gasteiger partial charge on any atom is -0.354 e. The Labute approximate surface area is 125 Å². The molecule has 0 aromatic heterocycles. The summed E-state index contributed by atoms with van der Waals surface area (Å²) in [6.45, 7) is 4.78. The minimum absolute atomic E-state index is 0.0420. The molecule has 0 saturated heterocycles. The second kappa shape index (κ2) is 5.68. The monoisotopic (exact) mass is 280 g/mol. The van der Waals surface area contributed by atoms with Crippen LogP contribution in [-0.4, -0.2) is 24.2 Å². The Morgan fingerprint density at radius 2 is 1.95 bits per heavy atom. The summed E-state index contributed by atoms with van der Waals surface area (Å²) in [7, 11) is 0. The average molecular weight is 280 g/mol. The first kappa shape index (κ1) is 13.8. The highest BCUT2D eigenvalue weighted by Gasteiger charge is 2.38. The third-order valence-corrected chi connectivity index (χ3v) is 4.08. The van der Waals surface area contributed by atoms with Crippen molar-refractivity contribution in [2.24, 2.45) is 4.99 Å². The molecule has 108 valence electrons. The highest BCUT2D eigenvalue weighted by molar-refractivity contribution is 6.06. The summed E-state index contributed by atoms with van der Waals surface area (Å²) in [5.74, 6) is 0.147. The van der Waals surface area contributed by atoms with Crippen LogP contribution in [0.2, 0.25) is 0 Å². The van der Waals surface area contributed by atoms with Gasteiger partial charge in [0.15, 0.2) is 0 Å². The molecule has 0 radical (unpaired) electrons. The maximum atomic E-state index is 12.2. The van der Waals surface area contributed by atoms with Crippen LogP contribution in [0.1, 0.15) is 31.7 Å². The molecule has 0 spiro atoms. The van der Waals surface area contributed by atoms with Crippen molar-refractivity contribution in [1.82, 2.24) is 5.32 Å². The van der Waals surface area contributed by atoms with Crippen LogP contribution in [-0.2, 0) is 4.79 Å². The number of hydrogen-bond donors (Lipinski definition) is 1. The predicted molar refractivity (Wildman–Crippen MR) is 86.9 cm³/mol. The number of rotatable bonds is 4. The van der Waals surface area contributed by atoms with E-state index in [1.165, 1.54) is 16.3 Å². The number of nitrogens with one attached hydrogen (secondary N) is 1. The van der Waals surface area contributed by atoms with Gasteiger partial charge in [-0.3, -0.25) is 9.79 Å². The van der Waals surface area contributed by atoms with Gasteiger partial charge < -0.3 is 5.32 Å². The van der Waals surface area contributed by atoms with Gasteiger partial charge in [-0.15, -0.1) is 0 Å². The minimum atomic E-state index is -0.276. The van der Waals surface area contributed by atoms with Crippen molar-refractivity contribution < 1.29 is 4.79 Å². The fourth-order valence-corrected chi connectivity index (χ4v) is 3.00.